The first kappa shape index (κ1) is 19.8. The zero-order valence-corrected chi connectivity index (χ0v) is 16.9. The molecule has 0 spiro atoms. The third-order valence-corrected chi connectivity index (χ3v) is 5.55. The lowest BCUT2D eigenvalue weighted by Crippen LogP contribution is -2.31. The first-order chi connectivity index (χ1) is 14.1. The lowest BCUT2D eigenvalue weighted by atomic mass is 9.88. The summed E-state index contributed by atoms with van der Waals surface area (Å²) in [4.78, 5) is 17.0. The van der Waals surface area contributed by atoms with Crippen molar-refractivity contribution in [2.45, 2.75) is 31.8 Å². The summed E-state index contributed by atoms with van der Waals surface area (Å²) < 4.78 is 1.42. The molecule has 1 fully saturated rings. The zero-order chi connectivity index (χ0) is 20.4. The van der Waals surface area contributed by atoms with Crippen molar-refractivity contribution in [3.63, 3.8) is 0 Å². The molecule has 3 aromatic rings. The van der Waals surface area contributed by atoms with Crippen LogP contribution in [-0.2, 0) is 0 Å². The molecule has 0 bridgehead atoms. The smallest absolute Gasteiger partial charge is 0.275 e. The highest BCUT2D eigenvalue weighted by atomic mass is 35.5. The summed E-state index contributed by atoms with van der Waals surface area (Å²) in [5.74, 6) is -0.260. The van der Waals surface area contributed by atoms with Crippen molar-refractivity contribution >= 4 is 17.5 Å². The van der Waals surface area contributed by atoms with Gasteiger partial charge < -0.3 is 10.4 Å². The lowest BCUT2D eigenvalue weighted by Gasteiger charge is -2.25. The molecule has 4 rings (SSSR count). The van der Waals surface area contributed by atoms with E-state index >= 15 is 0 Å². The molecule has 3 heterocycles. The Morgan fingerprint density at radius 1 is 1.14 bits per heavy atom. The third kappa shape index (κ3) is 3.96. The molecule has 0 saturated carbocycles. The van der Waals surface area contributed by atoms with Crippen LogP contribution in [0, 0.1) is 0 Å². The fourth-order valence-corrected chi connectivity index (χ4v) is 3.99. The minimum Gasteiger partial charge on any atom is -0.383 e. The number of aliphatic hydroxyl groups excluding tert-OH is 1. The Bertz CT molecular complexity index is 994. The molecule has 1 atom stereocenters. The third-order valence-electron chi connectivity index (χ3n) is 5.30. The van der Waals surface area contributed by atoms with Crippen molar-refractivity contribution < 1.29 is 9.90 Å². The quantitative estimate of drug-likeness (QED) is 0.684. The number of nitrogens with one attached hydrogen (secondary N) is 1. The van der Waals surface area contributed by atoms with E-state index in [1.165, 1.54) is 11.6 Å². The maximum Gasteiger partial charge on any atom is 0.275 e. The molecule has 2 N–H and O–H groups in total. The number of benzene rings is 1. The molecule has 0 aliphatic carbocycles. The van der Waals surface area contributed by atoms with Crippen molar-refractivity contribution in [3.05, 3.63) is 59.5 Å². The number of piperidine rings is 1. The second kappa shape index (κ2) is 8.45. The number of aliphatic hydroxyl groups is 1. The largest absolute Gasteiger partial charge is 0.383 e. The van der Waals surface area contributed by atoms with E-state index in [9.17, 15) is 9.90 Å². The van der Waals surface area contributed by atoms with Crippen molar-refractivity contribution in [3.8, 4) is 22.4 Å². The number of carbonyl (C=O) groups is 1. The topological polar surface area (TPSA) is 80.0 Å². The molecule has 6 nitrogen and oxygen atoms in total. The van der Waals surface area contributed by atoms with Gasteiger partial charge in [0.05, 0.1) is 5.69 Å². The van der Waals surface area contributed by atoms with Gasteiger partial charge in [-0.3, -0.25) is 9.78 Å². The minimum atomic E-state index is -1.14. The Hall–Kier alpha value is -2.54. The van der Waals surface area contributed by atoms with E-state index in [0.29, 0.717) is 10.7 Å². The van der Waals surface area contributed by atoms with Crippen LogP contribution in [0.25, 0.3) is 22.4 Å². The molecule has 0 amide bonds. The van der Waals surface area contributed by atoms with E-state index in [1.54, 1.807) is 12.4 Å². The molecule has 1 aliphatic heterocycles. The number of carbonyl (C=O) groups excluding carboxylic acids is 1. The van der Waals surface area contributed by atoms with Crippen LogP contribution >= 0.6 is 11.6 Å². The average molecular weight is 411 g/mol. The molecule has 1 saturated heterocycles. The van der Waals surface area contributed by atoms with Gasteiger partial charge in [0, 0.05) is 34.5 Å². The highest BCUT2D eigenvalue weighted by Crippen LogP contribution is 2.40. The molecule has 1 unspecified atom stereocenters. The number of nitrogens with zero attached hydrogens (tertiary/aromatic N) is 3. The van der Waals surface area contributed by atoms with Crippen LogP contribution in [0.1, 0.15) is 36.2 Å². The van der Waals surface area contributed by atoms with Gasteiger partial charge in [-0.15, -0.1) is 0 Å². The number of aromatic nitrogens is 3. The molecule has 150 valence electrons. The Labute approximate surface area is 174 Å². The Balaban J connectivity index is 1.99. The van der Waals surface area contributed by atoms with Gasteiger partial charge in [-0.05, 0) is 62.7 Å². The second-order valence-corrected chi connectivity index (χ2v) is 7.74. The van der Waals surface area contributed by atoms with E-state index in [-0.39, 0.29) is 5.92 Å². The summed E-state index contributed by atoms with van der Waals surface area (Å²) in [5, 5.41) is 18.7. The summed E-state index contributed by atoms with van der Waals surface area (Å²) in [6.45, 7) is 3.24. The van der Waals surface area contributed by atoms with Crippen LogP contribution in [0.2, 0.25) is 5.02 Å². The van der Waals surface area contributed by atoms with Gasteiger partial charge in [-0.1, -0.05) is 23.7 Å². The van der Waals surface area contributed by atoms with Crippen LogP contribution in [0.15, 0.2) is 48.8 Å². The summed E-state index contributed by atoms with van der Waals surface area (Å²) in [5.41, 5.74) is 4.29. The fraction of sp³-hybridized carbons (Fsp3) is 0.318. The summed E-state index contributed by atoms with van der Waals surface area (Å²) >= 11 is 6.08. The van der Waals surface area contributed by atoms with Gasteiger partial charge in [-0.2, -0.15) is 5.10 Å². The zero-order valence-electron chi connectivity index (χ0n) is 16.2. The number of hydrogen-bond acceptors (Lipinski definition) is 5. The maximum absolute atomic E-state index is 12.9. The molecular formula is C22H23ClN4O2. The van der Waals surface area contributed by atoms with Crippen LogP contribution in [0.4, 0.5) is 0 Å². The van der Waals surface area contributed by atoms with Crippen LogP contribution < -0.4 is 5.32 Å². The normalized spacial score (nSPS) is 16.0. The van der Waals surface area contributed by atoms with E-state index in [2.05, 4.69) is 10.3 Å². The number of hydrogen-bond donors (Lipinski definition) is 2. The Kier molecular flexibility index (Phi) is 5.76. The van der Waals surface area contributed by atoms with Gasteiger partial charge in [0.25, 0.3) is 5.91 Å². The average Bonchev–Trinajstić information content (AvgIpc) is 3.15. The van der Waals surface area contributed by atoms with Crippen molar-refractivity contribution in [1.82, 2.24) is 20.1 Å². The van der Waals surface area contributed by atoms with Gasteiger partial charge in [0.1, 0.15) is 11.8 Å². The predicted octanol–water partition coefficient (Wildman–Crippen LogP) is 3.75. The van der Waals surface area contributed by atoms with E-state index in [4.69, 9.17) is 16.7 Å². The van der Waals surface area contributed by atoms with Crippen LogP contribution in [0.3, 0.4) is 0 Å². The van der Waals surface area contributed by atoms with E-state index in [1.807, 2.05) is 36.4 Å². The van der Waals surface area contributed by atoms with Crippen LogP contribution in [0.5, 0.6) is 0 Å². The first-order valence-corrected chi connectivity index (χ1v) is 10.2. The standard InChI is InChI=1S/C22H23ClN4O2/c1-14(28)22(29)27-21(17-8-12-25-13-9-17)19(15-6-10-24-11-7-15)20(26-27)16-2-4-18(23)5-3-16/h2-7,10-11,14,17,25,28H,8-9,12-13H2,1H3. The Morgan fingerprint density at radius 3 is 2.41 bits per heavy atom. The SMILES string of the molecule is CC(O)C(=O)n1nc(-c2ccc(Cl)cc2)c(-c2ccncc2)c1C1CCNCC1. The number of pyridine rings is 1. The summed E-state index contributed by atoms with van der Waals surface area (Å²) in [7, 11) is 0. The monoisotopic (exact) mass is 410 g/mol. The van der Waals surface area contributed by atoms with Crippen molar-refractivity contribution in [1.29, 1.82) is 0 Å². The fourth-order valence-electron chi connectivity index (χ4n) is 3.86. The molecule has 2 aromatic heterocycles. The second-order valence-electron chi connectivity index (χ2n) is 7.30. The maximum atomic E-state index is 12.9. The van der Waals surface area contributed by atoms with Gasteiger partial charge in [0.2, 0.25) is 0 Å². The van der Waals surface area contributed by atoms with E-state index < -0.39 is 12.0 Å². The van der Waals surface area contributed by atoms with E-state index in [0.717, 1.165) is 48.3 Å². The van der Waals surface area contributed by atoms with Gasteiger partial charge in [0.15, 0.2) is 0 Å². The van der Waals surface area contributed by atoms with Crippen LogP contribution in [-0.4, -0.2) is 45.0 Å². The van der Waals surface area contributed by atoms with Crippen molar-refractivity contribution in [2.75, 3.05) is 13.1 Å². The Morgan fingerprint density at radius 2 is 1.79 bits per heavy atom. The highest BCUT2D eigenvalue weighted by molar-refractivity contribution is 6.30. The highest BCUT2D eigenvalue weighted by Gasteiger charge is 2.31. The first-order valence-electron chi connectivity index (χ1n) is 9.78. The lowest BCUT2D eigenvalue weighted by molar-refractivity contribution is 0.0663. The molecular weight excluding hydrogens is 388 g/mol. The number of halogens is 1. The molecule has 1 aromatic carbocycles. The number of rotatable bonds is 4. The molecule has 7 heteroatoms. The molecule has 0 radical (unpaired) electrons. The summed E-state index contributed by atoms with van der Waals surface area (Å²) in [6.07, 6.45) is 4.13. The summed E-state index contributed by atoms with van der Waals surface area (Å²) in [6, 6.07) is 11.3. The van der Waals surface area contributed by atoms with Crippen molar-refractivity contribution in [2.24, 2.45) is 0 Å². The molecule has 1 aliphatic rings. The molecule has 29 heavy (non-hydrogen) atoms. The predicted molar refractivity (Wildman–Crippen MR) is 113 cm³/mol. The minimum absolute atomic E-state index is 0.163. The van der Waals surface area contributed by atoms with Gasteiger partial charge in [-0.25, -0.2) is 4.68 Å². The van der Waals surface area contributed by atoms with Gasteiger partial charge >= 0.3 is 0 Å².